The molecule has 0 saturated carbocycles. The van der Waals surface area contributed by atoms with Crippen LogP contribution in [0.1, 0.15) is 44.5 Å². The number of rotatable bonds is 5. The minimum absolute atomic E-state index is 0.0162. The molecular formula is C13H20FN3O. The van der Waals surface area contributed by atoms with Gasteiger partial charge in [0.05, 0.1) is 5.56 Å². The first-order valence-corrected chi connectivity index (χ1v) is 6.12. The second-order valence-corrected chi connectivity index (χ2v) is 4.74. The van der Waals surface area contributed by atoms with Crippen LogP contribution in [0.4, 0.5) is 10.2 Å². The fourth-order valence-electron chi connectivity index (χ4n) is 1.37. The van der Waals surface area contributed by atoms with Gasteiger partial charge in [-0.1, -0.05) is 6.92 Å². The summed E-state index contributed by atoms with van der Waals surface area (Å²) in [5, 5.41) is 5.58. The number of nitrogens with zero attached hydrogens (tertiary/aromatic N) is 1. The first kappa shape index (κ1) is 14.4. The predicted octanol–water partition coefficient (Wildman–Crippen LogP) is 2.57. The Morgan fingerprint density at radius 3 is 2.67 bits per heavy atom. The third-order valence-corrected chi connectivity index (χ3v) is 2.81. The summed E-state index contributed by atoms with van der Waals surface area (Å²) in [6.07, 6.45) is 2.19. The van der Waals surface area contributed by atoms with Crippen molar-refractivity contribution in [1.29, 1.82) is 0 Å². The van der Waals surface area contributed by atoms with Gasteiger partial charge < -0.3 is 10.6 Å². The quantitative estimate of drug-likeness (QED) is 0.848. The smallest absolute Gasteiger partial charge is 0.254 e. The van der Waals surface area contributed by atoms with Gasteiger partial charge in [0.15, 0.2) is 11.6 Å². The van der Waals surface area contributed by atoms with Crippen LogP contribution in [-0.4, -0.2) is 23.0 Å². The molecule has 18 heavy (non-hydrogen) atoms. The van der Waals surface area contributed by atoms with Crippen molar-refractivity contribution in [3.05, 3.63) is 23.6 Å². The van der Waals surface area contributed by atoms with Crippen molar-refractivity contribution >= 4 is 11.7 Å². The molecule has 1 aromatic heterocycles. The van der Waals surface area contributed by atoms with Crippen molar-refractivity contribution < 1.29 is 9.18 Å². The average Bonchev–Trinajstić information content (AvgIpc) is 2.31. The second kappa shape index (κ2) is 5.80. The van der Waals surface area contributed by atoms with Gasteiger partial charge in [-0.2, -0.15) is 0 Å². The summed E-state index contributed by atoms with van der Waals surface area (Å²) in [4.78, 5) is 15.9. The van der Waals surface area contributed by atoms with E-state index in [1.807, 2.05) is 27.7 Å². The van der Waals surface area contributed by atoms with E-state index in [0.29, 0.717) is 6.54 Å². The Bertz CT molecular complexity index is 432. The zero-order chi connectivity index (χ0) is 13.8. The minimum atomic E-state index is -0.608. The number of hydrogen-bond donors (Lipinski definition) is 2. The minimum Gasteiger partial charge on any atom is -0.368 e. The Hall–Kier alpha value is -1.65. The Balaban J connectivity index is 2.96. The highest BCUT2D eigenvalue weighted by Crippen LogP contribution is 2.16. The highest BCUT2D eigenvalue weighted by Gasteiger charge is 2.22. The molecule has 100 valence electrons. The van der Waals surface area contributed by atoms with Crippen molar-refractivity contribution in [2.24, 2.45) is 0 Å². The average molecular weight is 253 g/mol. The molecule has 4 nitrogen and oxygen atoms in total. The Morgan fingerprint density at radius 2 is 2.11 bits per heavy atom. The normalized spacial score (nSPS) is 11.2. The molecule has 1 amide bonds. The number of aromatic nitrogens is 1. The standard InChI is InChI=1S/C13H20FN3O/c1-5-13(3,4)17-12(18)9-7-8-16-11(10(9)14)15-6-2/h7-8H,5-6H2,1-4H3,(H,15,16)(H,17,18). The van der Waals surface area contributed by atoms with Crippen LogP contribution in [0.15, 0.2) is 12.3 Å². The van der Waals surface area contributed by atoms with Crippen molar-refractivity contribution in [1.82, 2.24) is 10.3 Å². The number of amides is 1. The molecule has 0 aliphatic heterocycles. The number of nitrogens with one attached hydrogen (secondary N) is 2. The monoisotopic (exact) mass is 253 g/mol. The predicted molar refractivity (Wildman–Crippen MR) is 70.2 cm³/mol. The summed E-state index contributed by atoms with van der Waals surface area (Å²) in [5.74, 6) is -0.913. The van der Waals surface area contributed by atoms with Crippen molar-refractivity contribution in [2.75, 3.05) is 11.9 Å². The highest BCUT2D eigenvalue weighted by atomic mass is 19.1. The Morgan fingerprint density at radius 1 is 1.44 bits per heavy atom. The third-order valence-electron chi connectivity index (χ3n) is 2.81. The number of anilines is 1. The molecule has 0 saturated heterocycles. The molecule has 1 rings (SSSR count). The van der Waals surface area contributed by atoms with Gasteiger partial charge in [0.25, 0.3) is 5.91 Å². The molecule has 2 N–H and O–H groups in total. The first-order valence-electron chi connectivity index (χ1n) is 6.12. The molecule has 0 aliphatic rings. The van der Waals surface area contributed by atoms with E-state index in [1.165, 1.54) is 12.3 Å². The topological polar surface area (TPSA) is 54.0 Å². The highest BCUT2D eigenvalue weighted by molar-refractivity contribution is 5.95. The van der Waals surface area contributed by atoms with Crippen LogP contribution in [0, 0.1) is 5.82 Å². The fraction of sp³-hybridized carbons (Fsp3) is 0.538. The van der Waals surface area contributed by atoms with Crippen molar-refractivity contribution in [2.45, 2.75) is 39.7 Å². The zero-order valence-corrected chi connectivity index (χ0v) is 11.3. The Kier molecular flexibility index (Phi) is 4.64. The van der Waals surface area contributed by atoms with E-state index in [1.54, 1.807) is 0 Å². The van der Waals surface area contributed by atoms with E-state index in [9.17, 15) is 9.18 Å². The van der Waals surface area contributed by atoms with Gasteiger partial charge in [-0.25, -0.2) is 9.37 Å². The van der Waals surface area contributed by atoms with Gasteiger partial charge in [-0.3, -0.25) is 4.79 Å². The van der Waals surface area contributed by atoms with Crippen LogP contribution in [-0.2, 0) is 0 Å². The lowest BCUT2D eigenvalue weighted by Gasteiger charge is -2.24. The van der Waals surface area contributed by atoms with E-state index in [-0.39, 0.29) is 16.9 Å². The van der Waals surface area contributed by atoms with E-state index in [2.05, 4.69) is 15.6 Å². The van der Waals surface area contributed by atoms with Crippen LogP contribution in [0.2, 0.25) is 0 Å². The largest absolute Gasteiger partial charge is 0.368 e. The lowest BCUT2D eigenvalue weighted by molar-refractivity contribution is 0.0907. The molecule has 1 aromatic rings. The first-order chi connectivity index (χ1) is 8.41. The zero-order valence-electron chi connectivity index (χ0n) is 11.3. The molecular weight excluding hydrogens is 233 g/mol. The molecule has 0 fully saturated rings. The van der Waals surface area contributed by atoms with Gasteiger partial charge in [0, 0.05) is 18.3 Å². The van der Waals surface area contributed by atoms with Crippen LogP contribution in [0.5, 0.6) is 0 Å². The SMILES string of the molecule is CCNc1nccc(C(=O)NC(C)(C)CC)c1F. The van der Waals surface area contributed by atoms with Crippen LogP contribution < -0.4 is 10.6 Å². The molecule has 0 aromatic carbocycles. The lowest BCUT2D eigenvalue weighted by Crippen LogP contribution is -2.43. The Labute approximate surface area is 107 Å². The van der Waals surface area contributed by atoms with Crippen LogP contribution >= 0.6 is 0 Å². The number of carbonyl (C=O) groups excluding carboxylic acids is 1. The van der Waals surface area contributed by atoms with Crippen molar-refractivity contribution in [3.63, 3.8) is 0 Å². The number of hydrogen-bond acceptors (Lipinski definition) is 3. The molecule has 0 spiro atoms. The number of halogens is 1. The molecule has 0 aliphatic carbocycles. The lowest BCUT2D eigenvalue weighted by atomic mass is 10.0. The van der Waals surface area contributed by atoms with Crippen LogP contribution in [0.3, 0.4) is 0 Å². The number of pyridine rings is 1. The summed E-state index contributed by atoms with van der Waals surface area (Å²) in [5.41, 5.74) is -0.340. The molecule has 5 heteroatoms. The maximum atomic E-state index is 14.0. The van der Waals surface area contributed by atoms with E-state index < -0.39 is 11.7 Å². The van der Waals surface area contributed by atoms with Gasteiger partial charge in [0.2, 0.25) is 0 Å². The third kappa shape index (κ3) is 3.42. The second-order valence-electron chi connectivity index (χ2n) is 4.74. The summed E-state index contributed by atoms with van der Waals surface area (Å²) >= 11 is 0. The van der Waals surface area contributed by atoms with E-state index in [0.717, 1.165) is 6.42 Å². The van der Waals surface area contributed by atoms with Gasteiger partial charge in [-0.15, -0.1) is 0 Å². The fourth-order valence-corrected chi connectivity index (χ4v) is 1.37. The summed E-state index contributed by atoms with van der Waals surface area (Å²) in [6, 6.07) is 1.39. The van der Waals surface area contributed by atoms with E-state index >= 15 is 0 Å². The molecule has 1 heterocycles. The van der Waals surface area contributed by atoms with Gasteiger partial charge >= 0.3 is 0 Å². The molecule has 0 unspecified atom stereocenters. The number of carbonyl (C=O) groups is 1. The maximum absolute atomic E-state index is 14.0. The molecule has 0 atom stereocenters. The van der Waals surface area contributed by atoms with Crippen molar-refractivity contribution in [3.8, 4) is 0 Å². The van der Waals surface area contributed by atoms with E-state index in [4.69, 9.17) is 0 Å². The summed E-state index contributed by atoms with van der Waals surface area (Å²) < 4.78 is 14.0. The summed E-state index contributed by atoms with van der Waals surface area (Å²) in [6.45, 7) is 8.15. The molecule has 0 radical (unpaired) electrons. The van der Waals surface area contributed by atoms with Gasteiger partial charge in [-0.05, 0) is 33.3 Å². The van der Waals surface area contributed by atoms with Gasteiger partial charge in [0.1, 0.15) is 0 Å². The molecule has 0 bridgehead atoms. The maximum Gasteiger partial charge on any atom is 0.254 e. The van der Waals surface area contributed by atoms with Crippen LogP contribution in [0.25, 0.3) is 0 Å². The summed E-state index contributed by atoms with van der Waals surface area (Å²) in [7, 11) is 0.